The predicted molar refractivity (Wildman–Crippen MR) is 75.2 cm³/mol. The van der Waals surface area contributed by atoms with Crippen molar-refractivity contribution in [2.24, 2.45) is 11.3 Å². The molecule has 4 heteroatoms. The molecule has 1 amide bonds. The first-order chi connectivity index (χ1) is 8.77. The predicted octanol–water partition coefficient (Wildman–Crippen LogP) is 2.13. The van der Waals surface area contributed by atoms with Crippen molar-refractivity contribution >= 4 is 11.9 Å². The van der Waals surface area contributed by atoms with E-state index in [1.807, 2.05) is 27.7 Å². The Kier molecular flexibility index (Phi) is 7.21. The second-order valence-corrected chi connectivity index (χ2v) is 5.57. The molecule has 0 saturated carbocycles. The fourth-order valence-corrected chi connectivity index (χ4v) is 1.82. The van der Waals surface area contributed by atoms with E-state index in [9.17, 15) is 9.59 Å². The van der Waals surface area contributed by atoms with Gasteiger partial charge in [0, 0.05) is 0 Å². The Morgan fingerprint density at radius 1 is 1.32 bits per heavy atom. The third kappa shape index (κ3) is 5.78. The van der Waals surface area contributed by atoms with Crippen molar-refractivity contribution in [1.29, 1.82) is 0 Å². The molecule has 0 saturated heterocycles. The maximum atomic E-state index is 12.2. The molecule has 2 unspecified atom stereocenters. The molecule has 0 rings (SSSR count). The van der Waals surface area contributed by atoms with Crippen LogP contribution in [0.15, 0.2) is 0 Å². The zero-order valence-corrected chi connectivity index (χ0v) is 12.6. The SMILES string of the molecule is C#CC(CCC)NC(=O)C(C(=O)OCC)C(C)(C)C. The Hall–Kier alpha value is -1.50. The lowest BCUT2D eigenvalue weighted by molar-refractivity contribution is -0.156. The normalized spacial score (nSPS) is 14.1. The molecule has 0 aliphatic heterocycles. The van der Waals surface area contributed by atoms with Crippen molar-refractivity contribution in [3.8, 4) is 12.3 Å². The van der Waals surface area contributed by atoms with Crippen molar-refractivity contribution in [2.45, 2.75) is 53.5 Å². The second-order valence-electron chi connectivity index (χ2n) is 5.57. The molecule has 1 N–H and O–H groups in total. The fraction of sp³-hybridized carbons (Fsp3) is 0.733. The number of carbonyl (C=O) groups excluding carboxylic acids is 2. The van der Waals surface area contributed by atoms with Crippen LogP contribution in [0.3, 0.4) is 0 Å². The molecule has 2 atom stereocenters. The summed E-state index contributed by atoms with van der Waals surface area (Å²) in [4.78, 5) is 24.2. The average Bonchev–Trinajstić information content (AvgIpc) is 2.26. The summed E-state index contributed by atoms with van der Waals surface area (Å²) in [6.07, 6.45) is 6.94. The first kappa shape index (κ1) is 17.5. The van der Waals surface area contributed by atoms with Crippen LogP contribution >= 0.6 is 0 Å². The fourth-order valence-electron chi connectivity index (χ4n) is 1.82. The minimum absolute atomic E-state index is 0.256. The van der Waals surface area contributed by atoms with Crippen LogP contribution in [0.5, 0.6) is 0 Å². The van der Waals surface area contributed by atoms with Gasteiger partial charge in [-0.15, -0.1) is 6.42 Å². The Balaban J connectivity index is 4.93. The Morgan fingerprint density at radius 2 is 1.89 bits per heavy atom. The maximum absolute atomic E-state index is 12.2. The molecule has 0 aromatic carbocycles. The molecule has 0 spiro atoms. The first-order valence-corrected chi connectivity index (χ1v) is 6.71. The highest BCUT2D eigenvalue weighted by molar-refractivity contribution is 5.98. The molecule has 4 nitrogen and oxygen atoms in total. The van der Waals surface area contributed by atoms with Gasteiger partial charge < -0.3 is 10.1 Å². The van der Waals surface area contributed by atoms with Gasteiger partial charge in [-0.3, -0.25) is 9.59 Å². The van der Waals surface area contributed by atoms with Gasteiger partial charge in [0.1, 0.15) is 5.92 Å². The number of hydrogen-bond donors (Lipinski definition) is 1. The van der Waals surface area contributed by atoms with E-state index in [0.29, 0.717) is 6.42 Å². The average molecular weight is 267 g/mol. The number of amides is 1. The van der Waals surface area contributed by atoms with Crippen LogP contribution in [0.1, 0.15) is 47.5 Å². The second kappa shape index (κ2) is 7.83. The van der Waals surface area contributed by atoms with Gasteiger partial charge in [-0.2, -0.15) is 0 Å². The Bertz CT molecular complexity index is 349. The van der Waals surface area contributed by atoms with Gasteiger partial charge in [0.15, 0.2) is 0 Å². The molecule has 108 valence electrons. The minimum Gasteiger partial charge on any atom is -0.465 e. The van der Waals surface area contributed by atoms with Crippen molar-refractivity contribution in [2.75, 3.05) is 6.61 Å². The Morgan fingerprint density at radius 3 is 2.26 bits per heavy atom. The van der Waals surface area contributed by atoms with Gasteiger partial charge in [0.25, 0.3) is 0 Å². The van der Waals surface area contributed by atoms with E-state index in [1.165, 1.54) is 0 Å². The van der Waals surface area contributed by atoms with Crippen LogP contribution in [0.25, 0.3) is 0 Å². The minimum atomic E-state index is -0.847. The summed E-state index contributed by atoms with van der Waals surface area (Å²) in [7, 11) is 0. The number of ether oxygens (including phenoxy) is 1. The van der Waals surface area contributed by atoms with Gasteiger partial charge in [-0.05, 0) is 18.8 Å². The molecule has 0 bridgehead atoms. The number of terminal acetylenes is 1. The first-order valence-electron chi connectivity index (χ1n) is 6.71. The summed E-state index contributed by atoms with van der Waals surface area (Å²) in [6.45, 7) is 9.46. The van der Waals surface area contributed by atoms with Crippen molar-refractivity contribution in [3.05, 3.63) is 0 Å². The highest BCUT2D eigenvalue weighted by atomic mass is 16.5. The number of carbonyl (C=O) groups is 2. The summed E-state index contributed by atoms with van der Waals surface area (Å²) in [6, 6.07) is -0.336. The summed E-state index contributed by atoms with van der Waals surface area (Å²) in [5, 5.41) is 2.74. The van der Waals surface area contributed by atoms with Gasteiger partial charge in [-0.1, -0.05) is 40.0 Å². The molecule has 0 radical (unpaired) electrons. The van der Waals surface area contributed by atoms with Crippen LogP contribution in [0.4, 0.5) is 0 Å². The molecule has 0 fully saturated rings. The molecular formula is C15H25NO3. The topological polar surface area (TPSA) is 55.4 Å². The van der Waals surface area contributed by atoms with E-state index in [2.05, 4.69) is 11.2 Å². The van der Waals surface area contributed by atoms with Gasteiger partial charge in [0.05, 0.1) is 12.6 Å². The van der Waals surface area contributed by atoms with E-state index >= 15 is 0 Å². The smallest absolute Gasteiger partial charge is 0.319 e. The van der Waals surface area contributed by atoms with Crippen molar-refractivity contribution in [1.82, 2.24) is 5.32 Å². The molecule has 0 heterocycles. The lowest BCUT2D eigenvalue weighted by atomic mass is 9.80. The summed E-state index contributed by atoms with van der Waals surface area (Å²) < 4.78 is 4.98. The molecular weight excluding hydrogens is 242 g/mol. The summed E-state index contributed by atoms with van der Waals surface area (Å²) >= 11 is 0. The van der Waals surface area contributed by atoms with E-state index < -0.39 is 17.3 Å². The van der Waals surface area contributed by atoms with E-state index in [1.54, 1.807) is 6.92 Å². The molecule has 0 aliphatic rings. The molecule has 0 aromatic heterocycles. The van der Waals surface area contributed by atoms with Crippen LogP contribution in [0, 0.1) is 23.7 Å². The van der Waals surface area contributed by atoms with Crippen LogP contribution in [0.2, 0.25) is 0 Å². The number of hydrogen-bond acceptors (Lipinski definition) is 3. The number of nitrogens with one attached hydrogen (secondary N) is 1. The van der Waals surface area contributed by atoms with Gasteiger partial charge in [0.2, 0.25) is 5.91 Å². The lowest BCUT2D eigenvalue weighted by Crippen LogP contribution is -2.46. The number of rotatable bonds is 6. The number of esters is 1. The van der Waals surface area contributed by atoms with Crippen LogP contribution in [-0.4, -0.2) is 24.5 Å². The largest absolute Gasteiger partial charge is 0.465 e. The zero-order chi connectivity index (χ0) is 15.1. The van der Waals surface area contributed by atoms with Crippen molar-refractivity contribution < 1.29 is 14.3 Å². The third-order valence-electron chi connectivity index (χ3n) is 2.75. The lowest BCUT2D eigenvalue weighted by Gasteiger charge is -2.28. The monoisotopic (exact) mass is 267 g/mol. The molecule has 0 aliphatic carbocycles. The maximum Gasteiger partial charge on any atom is 0.319 e. The van der Waals surface area contributed by atoms with Crippen LogP contribution < -0.4 is 5.32 Å². The van der Waals surface area contributed by atoms with Gasteiger partial charge in [-0.25, -0.2) is 0 Å². The van der Waals surface area contributed by atoms with E-state index in [0.717, 1.165) is 6.42 Å². The zero-order valence-electron chi connectivity index (χ0n) is 12.6. The van der Waals surface area contributed by atoms with E-state index in [-0.39, 0.29) is 18.6 Å². The quantitative estimate of drug-likeness (QED) is 0.455. The van der Waals surface area contributed by atoms with E-state index in [4.69, 9.17) is 11.2 Å². The van der Waals surface area contributed by atoms with Crippen molar-refractivity contribution in [3.63, 3.8) is 0 Å². The highest BCUT2D eigenvalue weighted by Crippen LogP contribution is 2.27. The van der Waals surface area contributed by atoms with Gasteiger partial charge >= 0.3 is 5.97 Å². The summed E-state index contributed by atoms with van der Waals surface area (Å²) in [5.41, 5.74) is -0.512. The highest BCUT2D eigenvalue weighted by Gasteiger charge is 2.39. The molecule has 0 aromatic rings. The molecule has 19 heavy (non-hydrogen) atoms. The Labute approximate surface area is 116 Å². The third-order valence-corrected chi connectivity index (χ3v) is 2.75. The summed E-state index contributed by atoms with van der Waals surface area (Å²) in [5.74, 6) is 0.821. The standard InChI is InChI=1S/C15H25NO3/c1-7-10-11(8-2)16-13(17)12(15(4,5)6)14(18)19-9-3/h2,11-12H,7,9-10H2,1,3-6H3,(H,16,17). The van der Waals surface area contributed by atoms with Crippen LogP contribution in [-0.2, 0) is 14.3 Å².